The maximum atomic E-state index is 12.6. The number of H-pyrrole nitrogens is 1. The minimum absolute atomic E-state index is 0.00121. The first-order valence-corrected chi connectivity index (χ1v) is 12.6. The summed E-state index contributed by atoms with van der Waals surface area (Å²) in [5.41, 5.74) is 2.16. The van der Waals surface area contributed by atoms with Gasteiger partial charge in [0, 0.05) is 17.0 Å². The minimum atomic E-state index is -0.0555. The Morgan fingerprint density at radius 2 is 2.16 bits per heavy atom. The summed E-state index contributed by atoms with van der Waals surface area (Å²) in [6.07, 6.45) is 3.13. The van der Waals surface area contributed by atoms with E-state index < -0.39 is 0 Å². The molecule has 170 valence electrons. The van der Waals surface area contributed by atoms with Gasteiger partial charge in [-0.25, -0.2) is 4.98 Å². The largest absolute Gasteiger partial charge is 0.496 e. The zero-order valence-electron chi connectivity index (χ0n) is 18.6. The number of para-hydroxylation sites is 1. The number of aromatic amines is 1. The van der Waals surface area contributed by atoms with Crippen LogP contribution in [0.5, 0.6) is 5.75 Å². The van der Waals surface area contributed by atoms with Gasteiger partial charge < -0.3 is 19.9 Å². The first-order chi connectivity index (χ1) is 15.5. The van der Waals surface area contributed by atoms with Gasteiger partial charge in [-0.1, -0.05) is 18.2 Å². The van der Waals surface area contributed by atoms with Gasteiger partial charge in [-0.15, -0.1) is 23.1 Å². The summed E-state index contributed by atoms with van der Waals surface area (Å²) in [5.74, 6) is 2.18. The van der Waals surface area contributed by atoms with Crippen molar-refractivity contribution in [2.75, 3.05) is 33.5 Å². The average molecular weight is 473 g/mol. The summed E-state index contributed by atoms with van der Waals surface area (Å²) in [5, 5.41) is 3.78. The number of ether oxygens (including phenoxy) is 1. The van der Waals surface area contributed by atoms with Gasteiger partial charge in [0.15, 0.2) is 0 Å². The number of nitrogens with one attached hydrogen (secondary N) is 2. The molecule has 2 N–H and O–H groups in total. The molecule has 0 spiro atoms. The fraction of sp³-hybridized carbons (Fsp3) is 0.435. The number of carbonyl (C=O) groups is 1. The summed E-state index contributed by atoms with van der Waals surface area (Å²) >= 11 is 3.08. The van der Waals surface area contributed by atoms with E-state index >= 15 is 0 Å². The molecule has 4 rings (SSSR count). The summed E-state index contributed by atoms with van der Waals surface area (Å²) < 4.78 is 5.48. The van der Waals surface area contributed by atoms with Crippen LogP contribution in [0.3, 0.4) is 0 Å². The number of thiophene rings is 1. The van der Waals surface area contributed by atoms with Crippen LogP contribution < -0.4 is 15.6 Å². The van der Waals surface area contributed by atoms with Crippen LogP contribution in [0, 0.1) is 0 Å². The van der Waals surface area contributed by atoms with Crippen LogP contribution in [-0.2, 0) is 23.4 Å². The number of nitrogens with zero attached hydrogens (tertiary/aromatic N) is 2. The van der Waals surface area contributed by atoms with Crippen molar-refractivity contribution in [2.24, 2.45) is 0 Å². The van der Waals surface area contributed by atoms with Gasteiger partial charge in [-0.2, -0.15) is 0 Å². The van der Waals surface area contributed by atoms with Crippen molar-refractivity contribution in [3.63, 3.8) is 0 Å². The normalized spacial score (nSPS) is 14.0. The lowest BCUT2D eigenvalue weighted by atomic mass is 10.0. The van der Waals surface area contributed by atoms with Crippen LogP contribution in [0.15, 0.2) is 29.1 Å². The molecule has 1 atom stereocenters. The molecule has 0 aliphatic heterocycles. The molecule has 32 heavy (non-hydrogen) atoms. The van der Waals surface area contributed by atoms with Crippen LogP contribution in [0.4, 0.5) is 0 Å². The molecular formula is C23H28N4O3S2. The van der Waals surface area contributed by atoms with Crippen molar-refractivity contribution in [2.45, 2.75) is 31.1 Å². The number of carbonyl (C=O) groups excluding carboxylic acids is 1. The van der Waals surface area contributed by atoms with E-state index in [1.165, 1.54) is 22.2 Å². The molecule has 1 unspecified atom stereocenters. The first kappa shape index (κ1) is 22.8. The third-order valence-electron chi connectivity index (χ3n) is 5.71. The number of thioether (sulfide) groups is 1. The van der Waals surface area contributed by atoms with Gasteiger partial charge >= 0.3 is 0 Å². The first-order valence-electron chi connectivity index (χ1n) is 10.6. The second-order valence-corrected chi connectivity index (χ2v) is 10.1. The number of aryl methyl sites for hydroxylation is 2. The molecular weight excluding hydrogens is 444 g/mol. The molecule has 0 saturated heterocycles. The van der Waals surface area contributed by atoms with E-state index in [0.717, 1.165) is 40.8 Å². The summed E-state index contributed by atoms with van der Waals surface area (Å²) in [6.45, 7) is 0.481. The van der Waals surface area contributed by atoms with Crippen LogP contribution >= 0.6 is 23.1 Å². The van der Waals surface area contributed by atoms with Crippen LogP contribution in [0.25, 0.3) is 10.2 Å². The molecule has 9 heteroatoms. The molecule has 7 nitrogen and oxygen atoms in total. The summed E-state index contributed by atoms with van der Waals surface area (Å²) in [6, 6.07) is 7.85. The Morgan fingerprint density at radius 1 is 1.34 bits per heavy atom. The molecule has 0 saturated carbocycles. The van der Waals surface area contributed by atoms with Crippen molar-refractivity contribution in [1.29, 1.82) is 0 Å². The fourth-order valence-electron chi connectivity index (χ4n) is 4.13. The van der Waals surface area contributed by atoms with Crippen LogP contribution in [0.1, 0.15) is 34.3 Å². The van der Waals surface area contributed by atoms with Gasteiger partial charge in [0.1, 0.15) is 16.4 Å². The lowest BCUT2D eigenvalue weighted by Gasteiger charge is -2.26. The number of aromatic nitrogens is 2. The monoisotopic (exact) mass is 472 g/mol. The predicted octanol–water partition coefficient (Wildman–Crippen LogP) is 3.13. The second kappa shape index (κ2) is 10.1. The smallest absolute Gasteiger partial charge is 0.259 e. The molecule has 2 aromatic heterocycles. The van der Waals surface area contributed by atoms with E-state index in [-0.39, 0.29) is 17.5 Å². The highest BCUT2D eigenvalue weighted by Gasteiger charge is 2.21. The Balaban J connectivity index is 1.32. The fourth-order valence-corrected chi connectivity index (χ4v) is 6.13. The maximum Gasteiger partial charge on any atom is 0.259 e. The Hall–Kier alpha value is -2.36. The number of rotatable bonds is 9. The molecule has 2 heterocycles. The SMILES string of the molecule is COc1ccccc1C(CNC(=O)CSCc1nc2sc3c(c2c(=O)[nH]1)CCC3)N(C)C. The molecule has 1 aromatic carbocycles. The third kappa shape index (κ3) is 4.84. The Morgan fingerprint density at radius 3 is 2.94 bits per heavy atom. The second-order valence-electron chi connectivity index (χ2n) is 8.07. The minimum Gasteiger partial charge on any atom is -0.496 e. The average Bonchev–Trinajstić information content (AvgIpc) is 3.35. The van der Waals surface area contributed by atoms with Crippen molar-refractivity contribution in [3.05, 3.63) is 56.4 Å². The highest BCUT2D eigenvalue weighted by atomic mass is 32.2. The molecule has 0 bridgehead atoms. The lowest BCUT2D eigenvalue weighted by Crippen LogP contribution is -2.35. The molecule has 3 aromatic rings. The van der Waals surface area contributed by atoms with Crippen molar-refractivity contribution >= 4 is 39.2 Å². The predicted molar refractivity (Wildman–Crippen MR) is 131 cm³/mol. The molecule has 0 radical (unpaired) electrons. The molecule has 1 amide bonds. The molecule has 1 aliphatic rings. The Labute approximate surface area is 195 Å². The standard InChI is InChI=1S/C23H28N4O3S2/c1-27(2)16(14-7-4-5-9-17(14)30-3)11-24-20(28)13-31-12-19-25-22(29)21-15-8-6-10-18(15)32-23(21)26-19/h4-5,7,9,16H,6,8,10-13H2,1-3H3,(H,24,28)(H,25,26,29). The third-order valence-corrected chi connectivity index (χ3v) is 7.84. The quantitative estimate of drug-likeness (QED) is 0.498. The van der Waals surface area contributed by atoms with Gasteiger partial charge in [0.05, 0.1) is 30.0 Å². The number of benzene rings is 1. The molecule has 0 fully saturated rings. The van der Waals surface area contributed by atoms with Gasteiger partial charge in [-0.3, -0.25) is 9.59 Å². The number of hydrogen-bond acceptors (Lipinski definition) is 7. The van der Waals surface area contributed by atoms with Crippen molar-refractivity contribution in [3.8, 4) is 5.75 Å². The molecule has 1 aliphatic carbocycles. The highest BCUT2D eigenvalue weighted by molar-refractivity contribution is 7.99. The Kier molecular flexibility index (Phi) is 7.17. The van der Waals surface area contributed by atoms with Crippen LogP contribution in [0.2, 0.25) is 0 Å². The van der Waals surface area contributed by atoms with Crippen LogP contribution in [-0.4, -0.2) is 54.3 Å². The summed E-state index contributed by atoms with van der Waals surface area (Å²) in [4.78, 5) is 36.7. The zero-order chi connectivity index (χ0) is 22.7. The van der Waals surface area contributed by atoms with Crippen molar-refractivity contribution < 1.29 is 9.53 Å². The number of hydrogen-bond donors (Lipinski definition) is 2. The van der Waals surface area contributed by atoms with Gasteiger partial charge in [0.2, 0.25) is 5.91 Å². The number of amides is 1. The van der Waals surface area contributed by atoms with E-state index in [2.05, 4.69) is 20.2 Å². The number of likely N-dealkylation sites (N-methyl/N-ethyl adjacent to an activating group) is 1. The number of methoxy groups -OCH3 is 1. The summed E-state index contributed by atoms with van der Waals surface area (Å²) in [7, 11) is 5.62. The van der Waals surface area contributed by atoms with E-state index in [4.69, 9.17) is 4.74 Å². The number of fused-ring (bicyclic) bond motifs is 3. The topological polar surface area (TPSA) is 87.3 Å². The van der Waals surface area contributed by atoms with Crippen molar-refractivity contribution in [1.82, 2.24) is 20.2 Å². The maximum absolute atomic E-state index is 12.6. The van der Waals surface area contributed by atoms with E-state index in [1.54, 1.807) is 18.4 Å². The Bertz CT molecular complexity index is 1170. The van der Waals surface area contributed by atoms with Gasteiger partial charge in [-0.05, 0) is 45.0 Å². The highest BCUT2D eigenvalue weighted by Crippen LogP contribution is 2.34. The van der Waals surface area contributed by atoms with E-state index in [9.17, 15) is 9.59 Å². The van der Waals surface area contributed by atoms with E-state index in [1.807, 2.05) is 38.4 Å². The zero-order valence-corrected chi connectivity index (χ0v) is 20.2. The van der Waals surface area contributed by atoms with E-state index in [0.29, 0.717) is 23.9 Å². The lowest BCUT2D eigenvalue weighted by molar-refractivity contribution is -0.118. The van der Waals surface area contributed by atoms with Gasteiger partial charge in [0.25, 0.3) is 5.56 Å².